The van der Waals surface area contributed by atoms with Gasteiger partial charge in [-0.1, -0.05) is 25.5 Å². The van der Waals surface area contributed by atoms with Crippen LogP contribution in [0, 0.1) is 28.6 Å². The average Bonchev–Trinajstić information content (AvgIpc) is 2.84. The lowest BCUT2D eigenvalue weighted by Crippen LogP contribution is -2.53. The molecule has 4 rings (SSSR count). The van der Waals surface area contributed by atoms with Crippen molar-refractivity contribution in [3.05, 3.63) is 11.6 Å². The largest absolute Gasteiger partial charge is 0.465 e. The predicted octanol–water partition coefficient (Wildman–Crippen LogP) is 3.95. The molecule has 4 aliphatic carbocycles. The summed E-state index contributed by atoms with van der Waals surface area (Å²) in [7, 11) is 0. The number of carboxylic acid groups (broad SMARTS) is 1. The highest BCUT2D eigenvalue weighted by Crippen LogP contribution is 2.64. The molecule has 7 atom stereocenters. The Morgan fingerprint density at radius 2 is 1.96 bits per heavy atom. The molecular weight excluding hydrogens is 302 g/mol. The second-order valence-electron chi connectivity index (χ2n) is 9.28. The maximum Gasteiger partial charge on any atom is 0.404 e. The van der Waals surface area contributed by atoms with E-state index in [0.29, 0.717) is 17.8 Å². The molecule has 4 heteroatoms. The second kappa shape index (κ2) is 5.48. The molecule has 0 saturated heterocycles. The van der Waals surface area contributed by atoms with Crippen LogP contribution in [0.2, 0.25) is 0 Å². The Kier molecular flexibility index (Phi) is 3.76. The van der Waals surface area contributed by atoms with Crippen molar-refractivity contribution >= 4 is 6.09 Å². The van der Waals surface area contributed by atoms with Gasteiger partial charge in [-0.25, -0.2) is 4.79 Å². The first kappa shape index (κ1) is 16.4. The zero-order valence-corrected chi connectivity index (χ0v) is 14.9. The number of aliphatic hydroxyl groups excluding tert-OH is 1. The fourth-order valence-corrected chi connectivity index (χ4v) is 7.03. The lowest BCUT2D eigenvalue weighted by molar-refractivity contribution is -0.0427. The van der Waals surface area contributed by atoms with Gasteiger partial charge in [0.1, 0.15) is 0 Å². The van der Waals surface area contributed by atoms with E-state index in [-0.39, 0.29) is 23.0 Å². The molecule has 0 radical (unpaired) electrons. The average molecular weight is 333 g/mol. The Labute approximate surface area is 144 Å². The summed E-state index contributed by atoms with van der Waals surface area (Å²) in [6, 6.07) is 0.118. The first-order chi connectivity index (χ1) is 11.3. The van der Waals surface area contributed by atoms with E-state index in [1.54, 1.807) is 0 Å². The minimum Gasteiger partial charge on any atom is -0.465 e. The second-order valence-corrected chi connectivity index (χ2v) is 9.28. The normalized spacial score (nSPS) is 50.3. The maximum atomic E-state index is 11.2. The summed E-state index contributed by atoms with van der Waals surface area (Å²) in [6.45, 7) is 4.76. The molecule has 0 bridgehead atoms. The Morgan fingerprint density at radius 3 is 2.71 bits per heavy atom. The van der Waals surface area contributed by atoms with Gasteiger partial charge in [0.15, 0.2) is 0 Å². The van der Waals surface area contributed by atoms with Gasteiger partial charge >= 0.3 is 6.09 Å². The highest BCUT2D eigenvalue weighted by Gasteiger charge is 2.58. The van der Waals surface area contributed by atoms with Gasteiger partial charge in [0.25, 0.3) is 0 Å². The molecule has 3 saturated carbocycles. The van der Waals surface area contributed by atoms with E-state index in [2.05, 4.69) is 25.2 Å². The molecule has 4 aliphatic rings. The number of allylic oxidation sites excluding steroid dienone is 1. The number of nitrogens with one attached hydrogen (secondary N) is 1. The van der Waals surface area contributed by atoms with Crippen molar-refractivity contribution < 1.29 is 15.0 Å². The number of amides is 1. The van der Waals surface area contributed by atoms with Crippen molar-refractivity contribution in [1.29, 1.82) is 0 Å². The minimum atomic E-state index is -0.872. The van der Waals surface area contributed by atoms with Crippen LogP contribution in [0.3, 0.4) is 0 Å². The van der Waals surface area contributed by atoms with Crippen LogP contribution in [0.15, 0.2) is 11.6 Å². The molecule has 0 aromatic rings. The molecule has 1 amide bonds. The van der Waals surface area contributed by atoms with Gasteiger partial charge in [0.2, 0.25) is 0 Å². The molecule has 24 heavy (non-hydrogen) atoms. The number of hydrogen-bond donors (Lipinski definition) is 3. The lowest BCUT2D eigenvalue weighted by Gasteiger charge is -2.57. The number of rotatable bonds is 1. The van der Waals surface area contributed by atoms with Crippen LogP contribution < -0.4 is 5.32 Å². The first-order valence-corrected chi connectivity index (χ1v) is 9.71. The third-order valence-corrected chi connectivity index (χ3v) is 8.38. The fraction of sp³-hybridized carbons (Fsp3) is 0.850. The molecule has 0 aliphatic heterocycles. The van der Waals surface area contributed by atoms with Crippen LogP contribution in [0.4, 0.5) is 4.79 Å². The van der Waals surface area contributed by atoms with E-state index >= 15 is 0 Å². The minimum absolute atomic E-state index is 0.118. The maximum absolute atomic E-state index is 11.2. The predicted molar refractivity (Wildman–Crippen MR) is 92.7 cm³/mol. The lowest BCUT2D eigenvalue weighted by atomic mass is 9.48. The highest BCUT2D eigenvalue weighted by atomic mass is 16.4. The molecule has 3 N–H and O–H groups in total. The monoisotopic (exact) mass is 333 g/mol. The van der Waals surface area contributed by atoms with E-state index in [0.717, 1.165) is 44.9 Å². The summed E-state index contributed by atoms with van der Waals surface area (Å²) < 4.78 is 0. The van der Waals surface area contributed by atoms with Gasteiger partial charge in [-0.3, -0.25) is 0 Å². The first-order valence-electron chi connectivity index (χ1n) is 9.71. The molecular formula is C20H31NO3. The van der Waals surface area contributed by atoms with Crippen LogP contribution >= 0.6 is 0 Å². The van der Waals surface area contributed by atoms with Crippen LogP contribution in [0.5, 0.6) is 0 Å². The molecule has 0 aromatic heterocycles. The smallest absolute Gasteiger partial charge is 0.404 e. The molecule has 2 unspecified atom stereocenters. The summed E-state index contributed by atoms with van der Waals surface area (Å²) in [5.74, 6) is 2.04. The summed E-state index contributed by atoms with van der Waals surface area (Å²) in [5, 5.41) is 22.1. The van der Waals surface area contributed by atoms with E-state index in [4.69, 9.17) is 0 Å². The number of carbonyl (C=O) groups is 1. The summed E-state index contributed by atoms with van der Waals surface area (Å²) in [6.07, 6.45) is 9.94. The van der Waals surface area contributed by atoms with Crippen LogP contribution in [0.25, 0.3) is 0 Å². The van der Waals surface area contributed by atoms with E-state index in [1.165, 1.54) is 12.0 Å². The van der Waals surface area contributed by atoms with Crippen molar-refractivity contribution in [3.8, 4) is 0 Å². The zero-order valence-electron chi connectivity index (χ0n) is 14.9. The van der Waals surface area contributed by atoms with Crippen molar-refractivity contribution in [2.24, 2.45) is 28.6 Å². The number of hydrogen-bond acceptors (Lipinski definition) is 2. The molecule has 3 fully saturated rings. The molecule has 0 aromatic carbocycles. The van der Waals surface area contributed by atoms with Gasteiger partial charge in [-0.15, -0.1) is 0 Å². The van der Waals surface area contributed by atoms with Crippen LogP contribution in [-0.2, 0) is 0 Å². The van der Waals surface area contributed by atoms with E-state index in [1.807, 2.05) is 0 Å². The van der Waals surface area contributed by atoms with E-state index < -0.39 is 6.09 Å². The SMILES string of the molecule is C[C@]12CCC(O)CC1=CC[C@@H]1[C@H]2CC[C@]2(C)C(NC(=O)O)CC[C@@H]12. The Morgan fingerprint density at radius 1 is 1.17 bits per heavy atom. The van der Waals surface area contributed by atoms with Gasteiger partial charge in [0.05, 0.1) is 6.10 Å². The third kappa shape index (κ3) is 2.25. The molecule has 0 heterocycles. The van der Waals surface area contributed by atoms with Gasteiger partial charge in [0, 0.05) is 6.04 Å². The van der Waals surface area contributed by atoms with Crippen molar-refractivity contribution in [1.82, 2.24) is 5.32 Å². The standard InChI is InChI=1S/C20H31NO3/c1-19-9-7-13(22)11-12(19)3-4-14-15-5-6-17(21-18(23)24)20(15,2)10-8-16(14)19/h3,13-17,21-22H,4-11H2,1-2H3,(H,23,24)/t13?,14-,15-,16+,17?,19-,20-/m0/s1. The fourth-order valence-electron chi connectivity index (χ4n) is 7.03. The van der Waals surface area contributed by atoms with Crippen molar-refractivity contribution in [2.75, 3.05) is 0 Å². The van der Waals surface area contributed by atoms with Crippen molar-refractivity contribution in [2.45, 2.75) is 77.4 Å². The number of aliphatic hydroxyl groups is 1. The quantitative estimate of drug-likeness (QED) is 0.636. The van der Waals surface area contributed by atoms with Gasteiger partial charge < -0.3 is 15.5 Å². The van der Waals surface area contributed by atoms with Gasteiger partial charge in [-0.2, -0.15) is 0 Å². The van der Waals surface area contributed by atoms with Crippen molar-refractivity contribution in [3.63, 3.8) is 0 Å². The zero-order chi connectivity index (χ0) is 17.1. The van der Waals surface area contributed by atoms with Gasteiger partial charge in [-0.05, 0) is 80.0 Å². The topological polar surface area (TPSA) is 69.6 Å². The Hall–Kier alpha value is -1.03. The third-order valence-electron chi connectivity index (χ3n) is 8.38. The molecule has 134 valence electrons. The van der Waals surface area contributed by atoms with Crippen LogP contribution in [0.1, 0.15) is 65.2 Å². The highest BCUT2D eigenvalue weighted by molar-refractivity contribution is 5.65. The van der Waals surface area contributed by atoms with Crippen LogP contribution in [-0.4, -0.2) is 28.5 Å². The number of fused-ring (bicyclic) bond motifs is 5. The molecule has 4 nitrogen and oxygen atoms in total. The Bertz CT molecular complexity index is 573. The molecule has 0 spiro atoms. The summed E-state index contributed by atoms with van der Waals surface area (Å²) >= 11 is 0. The summed E-state index contributed by atoms with van der Waals surface area (Å²) in [5.41, 5.74) is 1.89. The van der Waals surface area contributed by atoms with E-state index in [9.17, 15) is 15.0 Å². The summed E-state index contributed by atoms with van der Waals surface area (Å²) in [4.78, 5) is 11.2. The Balaban J connectivity index is 1.62.